The number of nitrogens with one attached hydrogen (secondary N) is 1. The third kappa shape index (κ3) is 5.02. The lowest BCUT2D eigenvalue weighted by molar-refractivity contribution is -0.130. The van der Waals surface area contributed by atoms with Crippen molar-refractivity contribution < 1.29 is 9.59 Å². The smallest absolute Gasteiger partial charge is 0.240 e. The van der Waals surface area contributed by atoms with Crippen LogP contribution in [0.25, 0.3) is 0 Å². The highest BCUT2D eigenvalue weighted by Crippen LogP contribution is 2.24. The highest BCUT2D eigenvalue weighted by atomic mass is 35.5. The molecule has 162 valence electrons. The van der Waals surface area contributed by atoms with Gasteiger partial charge in [0.15, 0.2) is 0 Å². The molecule has 0 saturated carbocycles. The molecule has 8 heteroatoms. The van der Waals surface area contributed by atoms with E-state index in [-0.39, 0.29) is 24.2 Å². The lowest BCUT2D eigenvalue weighted by Crippen LogP contribution is -2.49. The van der Waals surface area contributed by atoms with E-state index in [0.29, 0.717) is 29.6 Å². The van der Waals surface area contributed by atoms with E-state index in [1.807, 2.05) is 30.0 Å². The Balaban J connectivity index is 1.34. The molecule has 4 rings (SSSR count). The Morgan fingerprint density at radius 1 is 1.10 bits per heavy atom. The van der Waals surface area contributed by atoms with Gasteiger partial charge in [0.05, 0.1) is 12.1 Å². The van der Waals surface area contributed by atoms with E-state index in [4.69, 9.17) is 23.2 Å². The first-order valence-electron chi connectivity index (χ1n) is 10.3. The first-order chi connectivity index (χ1) is 14.9. The number of hydrogen-bond acceptors (Lipinski definition) is 4. The summed E-state index contributed by atoms with van der Waals surface area (Å²) in [6.07, 6.45) is 0.735. The van der Waals surface area contributed by atoms with E-state index in [1.165, 1.54) is 0 Å². The van der Waals surface area contributed by atoms with Crippen LogP contribution in [-0.2, 0) is 16.0 Å². The van der Waals surface area contributed by atoms with Gasteiger partial charge >= 0.3 is 0 Å². The quantitative estimate of drug-likeness (QED) is 0.758. The number of hydrogen-bond donors (Lipinski definition) is 1. The molecule has 1 saturated heterocycles. The zero-order valence-corrected chi connectivity index (χ0v) is 18.8. The van der Waals surface area contributed by atoms with Gasteiger partial charge in [-0.25, -0.2) is 5.43 Å². The van der Waals surface area contributed by atoms with Crippen LogP contribution < -0.4 is 10.3 Å². The number of benzene rings is 2. The van der Waals surface area contributed by atoms with Gasteiger partial charge in [-0.05, 0) is 35.4 Å². The van der Waals surface area contributed by atoms with Gasteiger partial charge in [0, 0.05) is 54.3 Å². The lowest BCUT2D eigenvalue weighted by Gasteiger charge is -2.36. The molecule has 1 N–H and O–H groups in total. The van der Waals surface area contributed by atoms with Gasteiger partial charge in [-0.1, -0.05) is 48.3 Å². The summed E-state index contributed by atoms with van der Waals surface area (Å²) in [7, 11) is 0. The van der Waals surface area contributed by atoms with Crippen molar-refractivity contribution in [3.05, 3.63) is 63.6 Å². The van der Waals surface area contributed by atoms with Crippen molar-refractivity contribution >= 4 is 46.4 Å². The molecule has 0 aliphatic carbocycles. The minimum atomic E-state index is -0.0429. The lowest BCUT2D eigenvalue weighted by atomic mass is 9.94. The predicted octanol–water partition coefficient (Wildman–Crippen LogP) is 3.74. The molecule has 0 spiro atoms. The Labute approximate surface area is 191 Å². The molecular formula is C23H24Cl2N4O2. The van der Waals surface area contributed by atoms with Gasteiger partial charge in [0.25, 0.3) is 0 Å². The first-order valence-corrected chi connectivity index (χ1v) is 11.1. The Hall–Kier alpha value is -2.57. The molecule has 2 aliphatic rings. The van der Waals surface area contributed by atoms with Gasteiger partial charge in [-0.2, -0.15) is 5.10 Å². The average Bonchev–Trinajstić information content (AvgIpc) is 2.76. The normalized spacial score (nSPS) is 19.1. The van der Waals surface area contributed by atoms with Crippen molar-refractivity contribution in [2.75, 3.05) is 31.1 Å². The average molecular weight is 459 g/mol. The van der Waals surface area contributed by atoms with Gasteiger partial charge in [0.1, 0.15) is 0 Å². The number of carbonyl (C=O) groups excluding carboxylic acids is 2. The third-order valence-electron chi connectivity index (χ3n) is 5.78. The van der Waals surface area contributed by atoms with Crippen LogP contribution in [0, 0.1) is 5.92 Å². The van der Waals surface area contributed by atoms with E-state index in [0.717, 1.165) is 35.6 Å². The third-order valence-corrected chi connectivity index (χ3v) is 6.36. The van der Waals surface area contributed by atoms with E-state index in [1.54, 1.807) is 12.1 Å². The molecular weight excluding hydrogens is 435 g/mol. The van der Waals surface area contributed by atoms with Crippen LogP contribution in [0.3, 0.4) is 0 Å². The number of carbonyl (C=O) groups is 2. The molecule has 1 fully saturated rings. The molecule has 2 aliphatic heterocycles. The molecule has 1 unspecified atom stereocenters. The summed E-state index contributed by atoms with van der Waals surface area (Å²) in [5.41, 5.74) is 6.40. The summed E-state index contributed by atoms with van der Waals surface area (Å²) in [4.78, 5) is 28.3. The van der Waals surface area contributed by atoms with E-state index in [2.05, 4.69) is 27.6 Å². The zero-order chi connectivity index (χ0) is 22.0. The Bertz CT molecular complexity index is 1010. The molecule has 0 bridgehead atoms. The summed E-state index contributed by atoms with van der Waals surface area (Å²) in [6, 6.07) is 13.5. The van der Waals surface area contributed by atoms with Crippen molar-refractivity contribution in [1.82, 2.24) is 10.3 Å². The Morgan fingerprint density at radius 3 is 2.45 bits per heavy atom. The largest absolute Gasteiger partial charge is 0.368 e. The molecule has 0 aromatic heterocycles. The SMILES string of the molecule is CC1CC(=O)NN=C1c1ccc(N2CCN(C(=O)Cc3ccc(Cl)cc3Cl)CC2)cc1. The molecule has 31 heavy (non-hydrogen) atoms. The van der Waals surface area contributed by atoms with Crippen LogP contribution >= 0.6 is 23.2 Å². The molecule has 1 atom stereocenters. The van der Waals surface area contributed by atoms with Crippen LogP contribution in [-0.4, -0.2) is 48.6 Å². The summed E-state index contributed by atoms with van der Waals surface area (Å²) in [6.45, 7) is 4.89. The number of piperazine rings is 1. The summed E-state index contributed by atoms with van der Waals surface area (Å²) in [5, 5.41) is 5.31. The minimum absolute atomic E-state index is 0.0429. The van der Waals surface area contributed by atoms with Crippen molar-refractivity contribution in [2.24, 2.45) is 11.0 Å². The molecule has 2 aromatic carbocycles. The second-order valence-electron chi connectivity index (χ2n) is 7.96. The van der Waals surface area contributed by atoms with Crippen molar-refractivity contribution in [3.63, 3.8) is 0 Å². The maximum Gasteiger partial charge on any atom is 0.240 e. The van der Waals surface area contributed by atoms with Crippen molar-refractivity contribution in [1.29, 1.82) is 0 Å². The van der Waals surface area contributed by atoms with Gasteiger partial charge in [-0.15, -0.1) is 0 Å². The summed E-state index contributed by atoms with van der Waals surface area (Å²) < 4.78 is 0. The fourth-order valence-corrected chi connectivity index (χ4v) is 4.47. The van der Waals surface area contributed by atoms with Gasteiger partial charge in [-0.3, -0.25) is 9.59 Å². The molecule has 6 nitrogen and oxygen atoms in total. The number of nitrogens with zero attached hydrogens (tertiary/aromatic N) is 3. The predicted molar refractivity (Wildman–Crippen MR) is 124 cm³/mol. The van der Waals surface area contributed by atoms with Crippen LogP contribution in [0.5, 0.6) is 0 Å². The first kappa shape index (κ1) is 21.7. The number of rotatable bonds is 4. The Morgan fingerprint density at radius 2 is 1.81 bits per heavy atom. The van der Waals surface area contributed by atoms with Crippen molar-refractivity contribution in [3.8, 4) is 0 Å². The maximum atomic E-state index is 12.7. The second-order valence-corrected chi connectivity index (χ2v) is 8.81. The van der Waals surface area contributed by atoms with E-state index in [9.17, 15) is 9.59 Å². The van der Waals surface area contributed by atoms with Crippen LogP contribution in [0.15, 0.2) is 47.6 Å². The van der Waals surface area contributed by atoms with E-state index < -0.39 is 0 Å². The molecule has 2 heterocycles. The fraction of sp³-hybridized carbons (Fsp3) is 0.348. The number of hydrazone groups is 1. The van der Waals surface area contributed by atoms with Gasteiger partial charge < -0.3 is 9.80 Å². The molecule has 2 aromatic rings. The second kappa shape index (κ2) is 9.28. The summed E-state index contributed by atoms with van der Waals surface area (Å²) >= 11 is 12.1. The highest BCUT2D eigenvalue weighted by molar-refractivity contribution is 6.35. The molecule has 2 amide bonds. The van der Waals surface area contributed by atoms with Gasteiger partial charge in [0.2, 0.25) is 11.8 Å². The Kier molecular flexibility index (Phi) is 6.49. The monoisotopic (exact) mass is 458 g/mol. The number of anilines is 1. The maximum absolute atomic E-state index is 12.7. The van der Waals surface area contributed by atoms with Crippen LogP contribution in [0.1, 0.15) is 24.5 Å². The van der Waals surface area contributed by atoms with Crippen LogP contribution in [0.4, 0.5) is 5.69 Å². The minimum Gasteiger partial charge on any atom is -0.368 e. The fourth-order valence-electron chi connectivity index (χ4n) is 4.00. The highest BCUT2D eigenvalue weighted by Gasteiger charge is 2.24. The molecule has 0 radical (unpaired) electrons. The standard InChI is InChI=1S/C23H24Cl2N4O2/c1-15-12-21(30)26-27-23(15)16-3-6-19(7-4-16)28-8-10-29(11-9-28)22(31)13-17-2-5-18(24)14-20(17)25/h2-7,14-15H,8-13H2,1H3,(H,26,30). The number of amides is 2. The number of halogens is 2. The van der Waals surface area contributed by atoms with Crippen molar-refractivity contribution in [2.45, 2.75) is 19.8 Å². The topological polar surface area (TPSA) is 65.0 Å². The van der Waals surface area contributed by atoms with E-state index >= 15 is 0 Å². The summed E-state index contributed by atoms with van der Waals surface area (Å²) in [5.74, 6) is 0.132. The zero-order valence-electron chi connectivity index (χ0n) is 17.3. The van der Waals surface area contributed by atoms with Crippen LogP contribution in [0.2, 0.25) is 10.0 Å².